The Balaban J connectivity index is 3.96. The maximum atomic E-state index is 2.40. The normalized spacial score (nSPS) is 15.5. The van der Waals surface area contributed by atoms with Crippen LogP contribution in [0.3, 0.4) is 0 Å². The lowest BCUT2D eigenvalue weighted by Crippen LogP contribution is -2.22. The molecule has 0 nitrogen and oxygen atoms in total. The second-order valence-electron chi connectivity index (χ2n) is 6.08. The summed E-state index contributed by atoms with van der Waals surface area (Å²) in [5.74, 6) is 2.51. The lowest BCUT2D eigenvalue weighted by molar-refractivity contribution is 0.182. The van der Waals surface area contributed by atoms with E-state index in [0.29, 0.717) is 5.41 Å². The van der Waals surface area contributed by atoms with Crippen molar-refractivity contribution < 1.29 is 0 Å². The van der Waals surface area contributed by atoms with Gasteiger partial charge in [0.1, 0.15) is 0 Å². The second kappa shape index (κ2) is 5.02. The molecule has 0 aromatic heterocycles. The van der Waals surface area contributed by atoms with Crippen molar-refractivity contribution in [3.8, 4) is 0 Å². The van der Waals surface area contributed by atoms with Crippen LogP contribution < -0.4 is 0 Å². The van der Waals surface area contributed by atoms with E-state index in [-0.39, 0.29) is 0 Å². The highest BCUT2D eigenvalue weighted by Crippen LogP contribution is 2.35. The van der Waals surface area contributed by atoms with Crippen LogP contribution in [0.5, 0.6) is 0 Å². The lowest BCUT2D eigenvalue weighted by Gasteiger charge is -2.32. The van der Waals surface area contributed by atoms with Gasteiger partial charge in [-0.1, -0.05) is 48.5 Å². The van der Waals surface area contributed by atoms with Crippen molar-refractivity contribution in [1.29, 1.82) is 0 Å². The topological polar surface area (TPSA) is 0 Å². The minimum Gasteiger partial charge on any atom is -0.0628 e. The van der Waals surface area contributed by atoms with E-state index in [1.807, 2.05) is 0 Å². The molecular weight excluding hydrogens is 156 g/mol. The van der Waals surface area contributed by atoms with Crippen LogP contribution in [-0.2, 0) is 0 Å². The maximum absolute atomic E-state index is 2.40. The first-order chi connectivity index (χ1) is 5.75. The van der Waals surface area contributed by atoms with Gasteiger partial charge in [-0.25, -0.2) is 0 Å². The zero-order valence-corrected chi connectivity index (χ0v) is 10.6. The SMILES string of the molecule is CC(C)CC(C)CC(C)(C)C(C)C. The van der Waals surface area contributed by atoms with Gasteiger partial charge in [0.05, 0.1) is 0 Å². The molecule has 0 radical (unpaired) electrons. The molecule has 1 atom stereocenters. The van der Waals surface area contributed by atoms with Crippen LogP contribution in [0, 0.1) is 23.2 Å². The summed E-state index contributed by atoms with van der Waals surface area (Å²) in [5.41, 5.74) is 0.508. The van der Waals surface area contributed by atoms with Gasteiger partial charge in [-0.2, -0.15) is 0 Å². The van der Waals surface area contributed by atoms with E-state index in [9.17, 15) is 0 Å². The van der Waals surface area contributed by atoms with Gasteiger partial charge in [0, 0.05) is 0 Å². The zero-order valence-electron chi connectivity index (χ0n) is 10.6. The van der Waals surface area contributed by atoms with Crippen LogP contribution in [0.4, 0.5) is 0 Å². The average molecular weight is 184 g/mol. The summed E-state index contributed by atoms with van der Waals surface area (Å²) in [5, 5.41) is 0. The molecule has 0 saturated carbocycles. The molecule has 0 N–H and O–H groups in total. The van der Waals surface area contributed by atoms with Gasteiger partial charge >= 0.3 is 0 Å². The van der Waals surface area contributed by atoms with Crippen molar-refractivity contribution in [3.63, 3.8) is 0 Å². The summed E-state index contributed by atoms with van der Waals surface area (Å²) >= 11 is 0. The van der Waals surface area contributed by atoms with E-state index >= 15 is 0 Å². The van der Waals surface area contributed by atoms with Gasteiger partial charge in [-0.05, 0) is 36.0 Å². The fourth-order valence-electron chi connectivity index (χ4n) is 2.02. The van der Waals surface area contributed by atoms with Gasteiger partial charge in [0.25, 0.3) is 0 Å². The van der Waals surface area contributed by atoms with E-state index in [4.69, 9.17) is 0 Å². The number of hydrogen-bond acceptors (Lipinski definition) is 0. The Hall–Kier alpha value is 0. The third-order valence-electron chi connectivity index (χ3n) is 3.31. The number of rotatable bonds is 5. The molecule has 0 aliphatic carbocycles. The Morgan fingerprint density at radius 2 is 1.38 bits per heavy atom. The summed E-state index contributed by atoms with van der Waals surface area (Å²) in [6, 6.07) is 0. The van der Waals surface area contributed by atoms with E-state index < -0.39 is 0 Å². The Kier molecular flexibility index (Phi) is 5.02. The molecule has 0 spiro atoms. The predicted octanol–water partition coefficient (Wildman–Crippen LogP) is 4.74. The van der Waals surface area contributed by atoms with Crippen LogP contribution in [0.1, 0.15) is 61.3 Å². The van der Waals surface area contributed by atoms with E-state index in [0.717, 1.165) is 17.8 Å². The zero-order chi connectivity index (χ0) is 10.6. The smallest absolute Gasteiger partial charge is 0.0329 e. The molecule has 80 valence electrons. The molecule has 0 aliphatic heterocycles. The molecule has 0 heteroatoms. The molecule has 13 heavy (non-hydrogen) atoms. The van der Waals surface area contributed by atoms with Gasteiger partial charge in [0.15, 0.2) is 0 Å². The second-order valence-corrected chi connectivity index (χ2v) is 6.08. The minimum absolute atomic E-state index is 0.508. The van der Waals surface area contributed by atoms with Crippen molar-refractivity contribution in [2.45, 2.75) is 61.3 Å². The van der Waals surface area contributed by atoms with Gasteiger partial charge in [-0.3, -0.25) is 0 Å². The van der Waals surface area contributed by atoms with Crippen LogP contribution >= 0.6 is 0 Å². The lowest BCUT2D eigenvalue weighted by atomic mass is 9.73. The summed E-state index contributed by atoms with van der Waals surface area (Å²) in [6.45, 7) is 16.5. The number of hydrogen-bond donors (Lipinski definition) is 0. The van der Waals surface area contributed by atoms with E-state index in [1.54, 1.807) is 0 Å². The van der Waals surface area contributed by atoms with Crippen LogP contribution in [-0.4, -0.2) is 0 Å². The largest absolute Gasteiger partial charge is 0.0628 e. The Morgan fingerprint density at radius 3 is 1.69 bits per heavy atom. The van der Waals surface area contributed by atoms with E-state index in [1.165, 1.54) is 12.8 Å². The molecular formula is C13H28. The summed E-state index contributed by atoms with van der Waals surface area (Å²) in [7, 11) is 0. The Morgan fingerprint density at radius 1 is 0.923 bits per heavy atom. The first-order valence-corrected chi connectivity index (χ1v) is 5.75. The van der Waals surface area contributed by atoms with Crippen LogP contribution in [0.15, 0.2) is 0 Å². The maximum Gasteiger partial charge on any atom is -0.0329 e. The minimum atomic E-state index is 0.508. The molecule has 1 unspecified atom stereocenters. The molecule has 0 bridgehead atoms. The summed E-state index contributed by atoms with van der Waals surface area (Å²) in [4.78, 5) is 0. The molecule has 0 fully saturated rings. The summed E-state index contributed by atoms with van der Waals surface area (Å²) < 4.78 is 0. The molecule has 0 aromatic rings. The van der Waals surface area contributed by atoms with Crippen molar-refractivity contribution in [3.05, 3.63) is 0 Å². The first kappa shape index (κ1) is 13.0. The highest BCUT2D eigenvalue weighted by Gasteiger charge is 2.24. The molecule has 0 aromatic carbocycles. The first-order valence-electron chi connectivity index (χ1n) is 5.75. The fraction of sp³-hybridized carbons (Fsp3) is 1.00. The van der Waals surface area contributed by atoms with Gasteiger partial charge in [0.2, 0.25) is 0 Å². The van der Waals surface area contributed by atoms with Crippen LogP contribution in [0.2, 0.25) is 0 Å². The standard InChI is InChI=1S/C13H28/c1-10(2)8-12(5)9-13(6,7)11(3)4/h10-12H,8-9H2,1-7H3. The van der Waals surface area contributed by atoms with Gasteiger partial charge in [-0.15, -0.1) is 0 Å². The predicted molar refractivity (Wildman–Crippen MR) is 61.9 cm³/mol. The van der Waals surface area contributed by atoms with Gasteiger partial charge < -0.3 is 0 Å². The molecule has 0 amide bonds. The van der Waals surface area contributed by atoms with Crippen LogP contribution in [0.25, 0.3) is 0 Å². The Labute approximate surface area is 85.1 Å². The van der Waals surface area contributed by atoms with Crippen molar-refractivity contribution in [2.75, 3.05) is 0 Å². The highest BCUT2D eigenvalue weighted by molar-refractivity contribution is 4.75. The highest BCUT2D eigenvalue weighted by atomic mass is 14.3. The monoisotopic (exact) mass is 184 g/mol. The molecule has 0 heterocycles. The molecule has 0 aliphatic rings. The van der Waals surface area contributed by atoms with Crippen molar-refractivity contribution in [1.82, 2.24) is 0 Å². The molecule has 0 rings (SSSR count). The summed E-state index contributed by atoms with van der Waals surface area (Å²) in [6.07, 6.45) is 2.74. The third kappa shape index (κ3) is 5.33. The van der Waals surface area contributed by atoms with Crippen molar-refractivity contribution >= 4 is 0 Å². The Bertz CT molecular complexity index is 131. The van der Waals surface area contributed by atoms with E-state index in [2.05, 4.69) is 48.5 Å². The fourth-order valence-corrected chi connectivity index (χ4v) is 2.02. The average Bonchev–Trinajstić information content (AvgIpc) is 1.82. The third-order valence-corrected chi connectivity index (χ3v) is 3.31. The quantitative estimate of drug-likeness (QED) is 0.579. The molecule has 0 saturated heterocycles. The van der Waals surface area contributed by atoms with Crippen molar-refractivity contribution in [2.24, 2.45) is 23.2 Å².